The first-order valence-electron chi connectivity index (χ1n) is 7.58. The van der Waals surface area contributed by atoms with E-state index in [1.54, 1.807) is 4.52 Å². The van der Waals surface area contributed by atoms with Crippen molar-refractivity contribution < 1.29 is 0 Å². The largest absolute Gasteiger partial charge is 0.351 e. The summed E-state index contributed by atoms with van der Waals surface area (Å²) >= 11 is 1.85. The van der Waals surface area contributed by atoms with Crippen LogP contribution >= 0.6 is 11.3 Å². The summed E-state index contributed by atoms with van der Waals surface area (Å²) in [5.74, 6) is 1.71. The molecule has 1 aliphatic carbocycles. The van der Waals surface area contributed by atoms with E-state index in [1.807, 2.05) is 37.4 Å². The van der Waals surface area contributed by atoms with Crippen molar-refractivity contribution in [2.24, 2.45) is 0 Å². The average molecular weight is 314 g/mol. The van der Waals surface area contributed by atoms with Crippen molar-refractivity contribution in [1.29, 1.82) is 0 Å². The van der Waals surface area contributed by atoms with Gasteiger partial charge in [-0.2, -0.15) is 4.52 Å². The van der Waals surface area contributed by atoms with Gasteiger partial charge in [-0.15, -0.1) is 26.6 Å². The molecular weight excluding hydrogens is 296 g/mol. The van der Waals surface area contributed by atoms with E-state index in [0.717, 1.165) is 30.3 Å². The summed E-state index contributed by atoms with van der Waals surface area (Å²) < 4.78 is 1.78. The average Bonchev–Trinajstić information content (AvgIpc) is 3.10. The molecule has 0 fully saturated rings. The Morgan fingerprint density at radius 2 is 2.09 bits per heavy atom. The molecule has 4 rings (SSSR count). The van der Waals surface area contributed by atoms with Gasteiger partial charge in [-0.3, -0.25) is 0 Å². The van der Waals surface area contributed by atoms with E-state index in [0.29, 0.717) is 0 Å². The van der Waals surface area contributed by atoms with E-state index < -0.39 is 0 Å². The fraction of sp³-hybridized carbons (Fsp3) is 0.467. The fourth-order valence-electron chi connectivity index (χ4n) is 2.85. The van der Waals surface area contributed by atoms with Crippen LogP contribution < -0.4 is 4.90 Å². The quantitative estimate of drug-likeness (QED) is 0.743. The van der Waals surface area contributed by atoms with Crippen LogP contribution in [0, 0.1) is 6.92 Å². The van der Waals surface area contributed by atoms with E-state index in [2.05, 4.69) is 20.2 Å². The molecule has 0 aliphatic heterocycles. The molecule has 0 N–H and O–H groups in total. The van der Waals surface area contributed by atoms with Crippen LogP contribution in [0.1, 0.15) is 34.2 Å². The molecule has 0 spiro atoms. The van der Waals surface area contributed by atoms with Crippen LogP contribution in [-0.4, -0.2) is 31.8 Å². The number of aromatic nitrogens is 5. The van der Waals surface area contributed by atoms with Crippen LogP contribution in [0.4, 0.5) is 5.82 Å². The number of hydrogen-bond acceptors (Lipinski definition) is 6. The van der Waals surface area contributed by atoms with Gasteiger partial charge in [0.05, 0.1) is 12.2 Å². The van der Waals surface area contributed by atoms with Crippen molar-refractivity contribution >= 4 is 22.8 Å². The van der Waals surface area contributed by atoms with Crippen molar-refractivity contribution in [2.45, 2.75) is 39.2 Å². The van der Waals surface area contributed by atoms with Crippen LogP contribution in [0.2, 0.25) is 0 Å². The van der Waals surface area contributed by atoms with Gasteiger partial charge in [-0.05, 0) is 44.7 Å². The lowest BCUT2D eigenvalue weighted by Gasteiger charge is -2.16. The summed E-state index contributed by atoms with van der Waals surface area (Å²) in [4.78, 5) is 8.41. The van der Waals surface area contributed by atoms with Crippen LogP contribution in [-0.2, 0) is 19.4 Å². The number of hydrogen-bond donors (Lipinski definition) is 0. The number of thiazole rings is 1. The minimum Gasteiger partial charge on any atom is -0.351 e. The Morgan fingerprint density at radius 1 is 1.23 bits per heavy atom. The summed E-state index contributed by atoms with van der Waals surface area (Å²) in [5.41, 5.74) is 2.09. The first-order chi connectivity index (χ1) is 10.7. The monoisotopic (exact) mass is 314 g/mol. The predicted molar refractivity (Wildman–Crippen MR) is 86.4 cm³/mol. The van der Waals surface area contributed by atoms with Crippen molar-refractivity contribution in [2.75, 3.05) is 11.9 Å². The Morgan fingerprint density at radius 3 is 2.95 bits per heavy atom. The molecule has 0 aromatic carbocycles. The van der Waals surface area contributed by atoms with Crippen molar-refractivity contribution in [3.8, 4) is 0 Å². The molecule has 0 bridgehead atoms. The molecule has 1 aliphatic rings. The van der Waals surface area contributed by atoms with Gasteiger partial charge >= 0.3 is 0 Å². The van der Waals surface area contributed by atoms with Crippen LogP contribution in [0.25, 0.3) is 5.65 Å². The first-order valence-corrected chi connectivity index (χ1v) is 8.40. The maximum absolute atomic E-state index is 4.80. The molecule has 0 saturated carbocycles. The van der Waals surface area contributed by atoms with E-state index in [4.69, 9.17) is 4.98 Å². The van der Waals surface area contributed by atoms with Gasteiger partial charge in [0.2, 0.25) is 0 Å². The molecule has 0 atom stereocenters. The lowest BCUT2D eigenvalue weighted by Crippen LogP contribution is -2.18. The number of aryl methyl sites for hydroxylation is 3. The molecule has 0 amide bonds. The fourth-order valence-corrected chi connectivity index (χ4v) is 4.06. The second-order valence-corrected chi connectivity index (χ2v) is 6.92. The highest BCUT2D eigenvalue weighted by Crippen LogP contribution is 2.27. The molecule has 22 heavy (non-hydrogen) atoms. The third-order valence-corrected chi connectivity index (χ3v) is 5.20. The number of nitrogens with zero attached hydrogens (tertiary/aromatic N) is 6. The maximum Gasteiger partial charge on any atom is 0.178 e. The zero-order chi connectivity index (χ0) is 15.1. The summed E-state index contributed by atoms with van der Waals surface area (Å²) in [6.45, 7) is 2.70. The first kappa shape index (κ1) is 13.6. The van der Waals surface area contributed by atoms with Gasteiger partial charge in [0, 0.05) is 11.9 Å². The highest BCUT2D eigenvalue weighted by atomic mass is 32.1. The molecule has 114 valence electrons. The number of anilines is 1. The van der Waals surface area contributed by atoms with E-state index in [-0.39, 0.29) is 0 Å². The van der Waals surface area contributed by atoms with Crippen LogP contribution in [0.5, 0.6) is 0 Å². The maximum atomic E-state index is 4.80. The molecule has 6 nitrogen and oxygen atoms in total. The Hall–Kier alpha value is -2.02. The van der Waals surface area contributed by atoms with Gasteiger partial charge < -0.3 is 4.90 Å². The molecule has 0 radical (unpaired) electrons. The Balaban J connectivity index is 1.58. The van der Waals surface area contributed by atoms with Gasteiger partial charge in [0.1, 0.15) is 10.8 Å². The normalized spacial score (nSPS) is 14.3. The topological polar surface area (TPSA) is 59.2 Å². The third-order valence-electron chi connectivity index (χ3n) is 4.06. The highest BCUT2D eigenvalue weighted by Gasteiger charge is 2.16. The van der Waals surface area contributed by atoms with Gasteiger partial charge in [-0.25, -0.2) is 4.98 Å². The summed E-state index contributed by atoms with van der Waals surface area (Å²) in [5, 5.41) is 13.9. The minimum atomic E-state index is 0.777. The van der Waals surface area contributed by atoms with E-state index in [9.17, 15) is 0 Å². The lowest BCUT2D eigenvalue weighted by molar-refractivity contribution is 0.680. The van der Waals surface area contributed by atoms with Crippen molar-refractivity contribution in [1.82, 2.24) is 24.8 Å². The standard InChI is InChI=1S/C15H18N6S/c1-10-17-18-13-7-8-14(19-21(10)13)20(2)9-15-16-11-5-3-4-6-12(11)22-15/h7-8H,3-6,9H2,1-2H3. The number of rotatable bonds is 3. The number of fused-ring (bicyclic) bond motifs is 2. The molecule has 0 unspecified atom stereocenters. The SMILES string of the molecule is Cc1nnc2ccc(N(C)Cc3nc4c(s3)CCCC4)nn12. The highest BCUT2D eigenvalue weighted by molar-refractivity contribution is 7.11. The van der Waals surface area contributed by atoms with Crippen molar-refractivity contribution in [3.63, 3.8) is 0 Å². The zero-order valence-electron chi connectivity index (χ0n) is 12.8. The molecule has 3 aromatic rings. The second-order valence-electron chi connectivity index (χ2n) is 5.75. The summed E-state index contributed by atoms with van der Waals surface area (Å²) in [6.07, 6.45) is 4.91. The summed E-state index contributed by atoms with van der Waals surface area (Å²) in [7, 11) is 2.05. The predicted octanol–water partition coefficient (Wildman–Crippen LogP) is 2.40. The molecule has 0 saturated heterocycles. The second kappa shape index (κ2) is 5.31. The molecule has 7 heteroatoms. The van der Waals surface area contributed by atoms with Crippen LogP contribution in [0.3, 0.4) is 0 Å². The molecule has 3 heterocycles. The van der Waals surface area contributed by atoms with Gasteiger partial charge in [-0.1, -0.05) is 0 Å². The summed E-state index contributed by atoms with van der Waals surface area (Å²) in [6, 6.07) is 3.93. The molecule has 3 aromatic heterocycles. The van der Waals surface area contributed by atoms with E-state index >= 15 is 0 Å². The molecular formula is C15H18N6S. The zero-order valence-corrected chi connectivity index (χ0v) is 13.6. The lowest BCUT2D eigenvalue weighted by atomic mass is 10.0. The van der Waals surface area contributed by atoms with Gasteiger partial charge in [0.25, 0.3) is 0 Å². The van der Waals surface area contributed by atoms with Gasteiger partial charge in [0.15, 0.2) is 11.5 Å². The van der Waals surface area contributed by atoms with Crippen molar-refractivity contribution in [3.05, 3.63) is 33.5 Å². The minimum absolute atomic E-state index is 0.777. The van der Waals surface area contributed by atoms with Crippen LogP contribution in [0.15, 0.2) is 12.1 Å². The Labute approximate surface area is 132 Å². The Bertz CT molecular complexity index is 797. The Kier molecular flexibility index (Phi) is 3.29. The van der Waals surface area contributed by atoms with E-state index in [1.165, 1.54) is 34.8 Å². The smallest absolute Gasteiger partial charge is 0.178 e. The third kappa shape index (κ3) is 2.35.